The number of nitrogens with one attached hydrogen (secondary N) is 1. The summed E-state index contributed by atoms with van der Waals surface area (Å²) in [5.41, 5.74) is 3.91. The second kappa shape index (κ2) is 6.74. The molecule has 144 valence electrons. The molecule has 1 aliphatic rings. The van der Waals surface area contributed by atoms with Crippen LogP contribution in [0, 0.1) is 5.41 Å². The number of benzene rings is 2. The molecule has 0 bridgehead atoms. The third-order valence-corrected chi connectivity index (χ3v) is 6.06. The lowest BCUT2D eigenvalue weighted by Gasteiger charge is -2.30. The minimum absolute atomic E-state index is 0.112. The monoisotopic (exact) mass is 400 g/mol. The Hall–Kier alpha value is -3.12. The quantitative estimate of drug-likeness (QED) is 0.481. The van der Waals surface area contributed by atoms with Crippen molar-refractivity contribution >= 4 is 38.4 Å². The van der Waals surface area contributed by atoms with Gasteiger partial charge in [-0.1, -0.05) is 67.6 Å². The lowest BCUT2D eigenvalue weighted by molar-refractivity contribution is 0.0910. The van der Waals surface area contributed by atoms with Gasteiger partial charge in [-0.2, -0.15) is 0 Å². The highest BCUT2D eigenvalue weighted by Gasteiger charge is 2.35. The Kier molecular flexibility index (Phi) is 4.17. The standard InChI is InChI=1S/C23H20N4OS/c1-23(2)12-16-19(17(28)13-23)20(14-8-4-3-5-9-14)26-21(24-16)27-22-25-15-10-6-7-11-18(15)29-22/h3-11H,12-13H2,1-2H3,(H,24,25,26,27). The van der Waals surface area contributed by atoms with Gasteiger partial charge in [-0.15, -0.1) is 0 Å². The SMILES string of the molecule is CC1(C)CC(=O)c2c(nc(Nc3nc4ccccc4s3)nc2-c2ccccc2)C1. The van der Waals surface area contributed by atoms with E-state index in [0.717, 1.165) is 33.0 Å². The van der Waals surface area contributed by atoms with Crippen molar-refractivity contribution in [3.63, 3.8) is 0 Å². The van der Waals surface area contributed by atoms with Crippen LogP contribution in [-0.2, 0) is 6.42 Å². The Labute approximate surface area is 172 Å². The number of fused-ring (bicyclic) bond motifs is 2. The summed E-state index contributed by atoms with van der Waals surface area (Å²) in [5.74, 6) is 0.591. The molecule has 0 amide bonds. The maximum atomic E-state index is 13.0. The van der Waals surface area contributed by atoms with E-state index < -0.39 is 0 Å². The number of carbonyl (C=O) groups is 1. The lowest BCUT2D eigenvalue weighted by Crippen LogP contribution is -2.29. The fraction of sp³-hybridized carbons (Fsp3) is 0.217. The van der Waals surface area contributed by atoms with E-state index in [1.165, 1.54) is 0 Å². The molecule has 2 heterocycles. The van der Waals surface area contributed by atoms with Crippen LogP contribution in [0.5, 0.6) is 0 Å². The van der Waals surface area contributed by atoms with Gasteiger partial charge in [0, 0.05) is 12.0 Å². The molecule has 0 atom stereocenters. The van der Waals surface area contributed by atoms with E-state index in [9.17, 15) is 4.79 Å². The number of hydrogen-bond donors (Lipinski definition) is 1. The Balaban J connectivity index is 1.63. The zero-order chi connectivity index (χ0) is 20.0. The highest BCUT2D eigenvalue weighted by Crippen LogP contribution is 2.38. The van der Waals surface area contributed by atoms with E-state index in [1.807, 2.05) is 54.6 Å². The summed E-state index contributed by atoms with van der Waals surface area (Å²) < 4.78 is 1.10. The molecule has 0 saturated carbocycles. The average molecular weight is 401 g/mol. The van der Waals surface area contributed by atoms with Crippen molar-refractivity contribution in [2.45, 2.75) is 26.7 Å². The van der Waals surface area contributed by atoms with Crippen LogP contribution >= 0.6 is 11.3 Å². The van der Waals surface area contributed by atoms with E-state index >= 15 is 0 Å². The van der Waals surface area contributed by atoms with Crippen molar-refractivity contribution in [3.8, 4) is 11.3 Å². The Bertz CT molecular complexity index is 1200. The van der Waals surface area contributed by atoms with Crippen LogP contribution in [0.4, 0.5) is 11.1 Å². The molecule has 0 radical (unpaired) electrons. The van der Waals surface area contributed by atoms with Crippen LogP contribution in [0.1, 0.15) is 36.3 Å². The summed E-state index contributed by atoms with van der Waals surface area (Å²) in [5, 5.41) is 4.01. The van der Waals surface area contributed by atoms with E-state index in [0.29, 0.717) is 23.6 Å². The predicted molar refractivity (Wildman–Crippen MR) is 117 cm³/mol. The van der Waals surface area contributed by atoms with Crippen LogP contribution < -0.4 is 5.32 Å². The molecule has 4 aromatic rings. The van der Waals surface area contributed by atoms with Gasteiger partial charge >= 0.3 is 0 Å². The van der Waals surface area contributed by atoms with Gasteiger partial charge < -0.3 is 0 Å². The average Bonchev–Trinajstić information content (AvgIpc) is 3.09. The number of carbonyl (C=O) groups excluding carboxylic acids is 1. The summed E-state index contributed by atoms with van der Waals surface area (Å²) in [6.07, 6.45) is 1.25. The number of hydrogen-bond acceptors (Lipinski definition) is 6. The fourth-order valence-electron chi connectivity index (χ4n) is 3.85. The minimum Gasteiger partial charge on any atom is -0.300 e. The van der Waals surface area contributed by atoms with Crippen molar-refractivity contribution in [1.82, 2.24) is 15.0 Å². The first-order chi connectivity index (χ1) is 14.0. The van der Waals surface area contributed by atoms with Crippen LogP contribution in [0.25, 0.3) is 21.5 Å². The number of para-hydroxylation sites is 1. The first kappa shape index (κ1) is 17.9. The first-order valence-electron chi connectivity index (χ1n) is 9.61. The van der Waals surface area contributed by atoms with Gasteiger partial charge in [0.15, 0.2) is 10.9 Å². The number of anilines is 2. The maximum Gasteiger partial charge on any atom is 0.229 e. The molecule has 1 N–H and O–H groups in total. The highest BCUT2D eigenvalue weighted by molar-refractivity contribution is 7.22. The number of Topliss-reactive ketones (excluding diaryl/α,β-unsaturated/α-hetero) is 1. The van der Waals surface area contributed by atoms with Gasteiger partial charge in [0.2, 0.25) is 5.95 Å². The molecule has 0 unspecified atom stereocenters. The number of ketones is 1. The molecule has 0 spiro atoms. The zero-order valence-corrected chi connectivity index (χ0v) is 17.1. The number of thiazole rings is 1. The Morgan fingerprint density at radius 3 is 2.48 bits per heavy atom. The molecule has 0 fully saturated rings. The van der Waals surface area contributed by atoms with Gasteiger partial charge in [-0.25, -0.2) is 15.0 Å². The minimum atomic E-state index is -0.112. The largest absolute Gasteiger partial charge is 0.300 e. The van der Waals surface area contributed by atoms with E-state index in [4.69, 9.17) is 9.97 Å². The molecule has 1 aliphatic carbocycles. The van der Waals surface area contributed by atoms with Crippen molar-refractivity contribution < 1.29 is 4.79 Å². The van der Waals surface area contributed by atoms with Crippen LogP contribution in [0.15, 0.2) is 54.6 Å². The third-order valence-electron chi connectivity index (χ3n) is 5.11. The summed E-state index contributed by atoms with van der Waals surface area (Å²) >= 11 is 1.56. The normalized spacial score (nSPS) is 15.3. The fourth-order valence-corrected chi connectivity index (χ4v) is 4.71. The summed E-state index contributed by atoms with van der Waals surface area (Å²) in [7, 11) is 0. The van der Waals surface area contributed by atoms with E-state index in [1.54, 1.807) is 11.3 Å². The summed E-state index contributed by atoms with van der Waals surface area (Å²) in [4.78, 5) is 27.1. The molecule has 2 aromatic heterocycles. The van der Waals surface area contributed by atoms with Gasteiger partial charge in [-0.05, 0) is 24.0 Å². The number of aromatic nitrogens is 3. The second-order valence-corrected chi connectivity index (χ2v) is 9.17. The van der Waals surface area contributed by atoms with Crippen molar-refractivity contribution in [2.75, 3.05) is 5.32 Å². The topological polar surface area (TPSA) is 67.8 Å². The maximum absolute atomic E-state index is 13.0. The van der Waals surface area contributed by atoms with E-state index in [-0.39, 0.29) is 11.2 Å². The first-order valence-corrected chi connectivity index (χ1v) is 10.4. The number of nitrogens with zero attached hydrogens (tertiary/aromatic N) is 3. The van der Waals surface area contributed by atoms with Crippen LogP contribution in [-0.4, -0.2) is 20.7 Å². The summed E-state index contributed by atoms with van der Waals surface area (Å²) in [6.45, 7) is 4.22. The smallest absolute Gasteiger partial charge is 0.229 e. The molecule has 5 rings (SSSR count). The van der Waals surface area contributed by atoms with Crippen molar-refractivity contribution in [2.24, 2.45) is 5.41 Å². The lowest BCUT2D eigenvalue weighted by atomic mass is 9.75. The van der Waals surface area contributed by atoms with Gasteiger partial charge in [0.25, 0.3) is 0 Å². The Morgan fingerprint density at radius 1 is 0.931 bits per heavy atom. The van der Waals surface area contributed by atoms with Crippen molar-refractivity contribution in [3.05, 3.63) is 65.9 Å². The van der Waals surface area contributed by atoms with Crippen LogP contribution in [0.3, 0.4) is 0 Å². The van der Waals surface area contributed by atoms with Gasteiger partial charge in [0.1, 0.15) is 0 Å². The van der Waals surface area contributed by atoms with Crippen LogP contribution in [0.2, 0.25) is 0 Å². The Morgan fingerprint density at radius 2 is 1.69 bits per heavy atom. The zero-order valence-electron chi connectivity index (χ0n) is 16.3. The molecule has 6 heteroatoms. The molecule has 2 aromatic carbocycles. The van der Waals surface area contributed by atoms with Crippen molar-refractivity contribution in [1.29, 1.82) is 0 Å². The number of rotatable bonds is 3. The van der Waals surface area contributed by atoms with E-state index in [2.05, 4.69) is 24.1 Å². The predicted octanol–water partition coefficient (Wildman–Crippen LogP) is 5.65. The molecule has 29 heavy (non-hydrogen) atoms. The molecule has 5 nitrogen and oxygen atoms in total. The van der Waals surface area contributed by atoms with Gasteiger partial charge in [-0.3, -0.25) is 10.1 Å². The molecule has 0 aliphatic heterocycles. The van der Waals surface area contributed by atoms with Gasteiger partial charge in [0.05, 0.1) is 27.2 Å². The molecular formula is C23H20N4OS. The third kappa shape index (κ3) is 3.40. The molecular weight excluding hydrogens is 380 g/mol. The molecule has 0 saturated heterocycles. The summed E-state index contributed by atoms with van der Waals surface area (Å²) in [6, 6.07) is 17.9. The second-order valence-electron chi connectivity index (χ2n) is 8.14. The highest BCUT2D eigenvalue weighted by atomic mass is 32.1.